The zero-order valence-corrected chi connectivity index (χ0v) is 15.5. The zero-order valence-electron chi connectivity index (χ0n) is 14.7. The van der Waals surface area contributed by atoms with Crippen LogP contribution in [0.4, 0.5) is 4.79 Å². The first-order valence-electron chi connectivity index (χ1n) is 8.47. The van der Waals surface area contributed by atoms with Crippen LogP contribution in [0.5, 0.6) is 0 Å². The van der Waals surface area contributed by atoms with Crippen LogP contribution in [0.25, 0.3) is 0 Å². The largest absolute Gasteiger partial charge is 0.356 e. The first kappa shape index (κ1) is 22.0. The minimum atomic E-state index is 0. The van der Waals surface area contributed by atoms with E-state index in [2.05, 4.69) is 29.8 Å². The number of rotatable bonds is 8. The van der Waals surface area contributed by atoms with Crippen LogP contribution in [-0.2, 0) is 4.79 Å². The molecule has 0 radical (unpaired) electrons. The van der Waals surface area contributed by atoms with Crippen molar-refractivity contribution in [2.75, 3.05) is 39.8 Å². The summed E-state index contributed by atoms with van der Waals surface area (Å²) in [6.07, 6.45) is 3.47. The number of piperidine rings is 1. The molecule has 0 bridgehead atoms. The monoisotopic (exact) mass is 348 g/mol. The molecule has 0 aromatic heterocycles. The van der Waals surface area contributed by atoms with Crippen LogP contribution in [0.3, 0.4) is 0 Å². The van der Waals surface area contributed by atoms with Crippen molar-refractivity contribution in [2.24, 2.45) is 11.8 Å². The summed E-state index contributed by atoms with van der Waals surface area (Å²) in [4.78, 5) is 25.9. The molecule has 1 fully saturated rings. The van der Waals surface area contributed by atoms with Gasteiger partial charge in [0, 0.05) is 32.6 Å². The second kappa shape index (κ2) is 12.4. The first-order chi connectivity index (χ1) is 10.5. The number of carbonyl (C=O) groups is 2. The second-order valence-electron chi connectivity index (χ2n) is 6.55. The fourth-order valence-electron chi connectivity index (χ4n) is 2.65. The van der Waals surface area contributed by atoms with E-state index in [1.165, 1.54) is 0 Å². The van der Waals surface area contributed by atoms with Crippen molar-refractivity contribution in [3.63, 3.8) is 0 Å². The highest BCUT2D eigenvalue weighted by atomic mass is 35.5. The Morgan fingerprint density at radius 2 is 1.96 bits per heavy atom. The lowest BCUT2D eigenvalue weighted by Crippen LogP contribution is -2.47. The molecular weight excluding hydrogens is 316 g/mol. The number of amides is 3. The zero-order chi connectivity index (χ0) is 16.4. The van der Waals surface area contributed by atoms with E-state index in [-0.39, 0.29) is 30.3 Å². The molecule has 1 aliphatic rings. The molecule has 0 saturated carbocycles. The molecule has 0 spiro atoms. The molecule has 23 heavy (non-hydrogen) atoms. The molecule has 136 valence electrons. The maximum atomic E-state index is 12.1. The Bertz CT molecular complexity index is 353. The van der Waals surface area contributed by atoms with Crippen molar-refractivity contribution < 1.29 is 9.59 Å². The highest BCUT2D eigenvalue weighted by Gasteiger charge is 2.25. The highest BCUT2D eigenvalue weighted by Crippen LogP contribution is 2.19. The number of hydrogen-bond donors (Lipinski definition) is 3. The number of nitrogens with zero attached hydrogens (tertiary/aromatic N) is 1. The van der Waals surface area contributed by atoms with Crippen LogP contribution in [0, 0.1) is 11.8 Å². The van der Waals surface area contributed by atoms with Gasteiger partial charge in [0.05, 0.1) is 0 Å². The first-order valence-corrected chi connectivity index (χ1v) is 8.47. The van der Waals surface area contributed by atoms with Crippen molar-refractivity contribution in [2.45, 2.75) is 39.5 Å². The van der Waals surface area contributed by atoms with Gasteiger partial charge >= 0.3 is 6.03 Å². The summed E-state index contributed by atoms with van der Waals surface area (Å²) < 4.78 is 0. The minimum absolute atomic E-state index is 0. The number of nitrogens with one attached hydrogen (secondary N) is 3. The molecule has 0 aromatic carbocycles. The lowest BCUT2D eigenvalue weighted by molar-refractivity contribution is -0.122. The Hall–Kier alpha value is -1.01. The van der Waals surface area contributed by atoms with E-state index in [1.807, 2.05) is 11.9 Å². The van der Waals surface area contributed by atoms with Gasteiger partial charge in [0.1, 0.15) is 0 Å². The third-order valence-corrected chi connectivity index (χ3v) is 3.87. The third-order valence-electron chi connectivity index (χ3n) is 3.87. The predicted octanol–water partition coefficient (Wildman–Crippen LogP) is 1.60. The quantitative estimate of drug-likeness (QED) is 0.583. The van der Waals surface area contributed by atoms with Crippen LogP contribution in [-0.4, -0.2) is 56.6 Å². The van der Waals surface area contributed by atoms with Gasteiger partial charge in [-0.05, 0) is 44.7 Å². The van der Waals surface area contributed by atoms with Gasteiger partial charge in [0.25, 0.3) is 0 Å². The van der Waals surface area contributed by atoms with E-state index < -0.39 is 0 Å². The molecule has 1 unspecified atom stereocenters. The molecule has 7 heteroatoms. The summed E-state index contributed by atoms with van der Waals surface area (Å²) in [7, 11) is 1.91. The molecule has 0 aliphatic carbocycles. The van der Waals surface area contributed by atoms with Gasteiger partial charge in [0.2, 0.25) is 5.91 Å². The maximum Gasteiger partial charge on any atom is 0.317 e. The minimum Gasteiger partial charge on any atom is -0.356 e. The number of urea groups is 1. The van der Waals surface area contributed by atoms with Crippen LogP contribution in [0.15, 0.2) is 0 Å². The standard InChI is InChI=1S/C16H32N4O2.ClH/c1-13(2)11-19-16(22)20-9-4-6-14(12-20)10-15(21)18-8-5-7-17-3;/h13-14,17H,4-12H2,1-3H3,(H,18,21)(H,19,22);1H. The fourth-order valence-corrected chi connectivity index (χ4v) is 2.65. The average molecular weight is 349 g/mol. The van der Waals surface area contributed by atoms with E-state index in [0.717, 1.165) is 32.4 Å². The van der Waals surface area contributed by atoms with Gasteiger partial charge in [-0.3, -0.25) is 4.79 Å². The van der Waals surface area contributed by atoms with Gasteiger partial charge in [-0.25, -0.2) is 4.79 Å². The highest BCUT2D eigenvalue weighted by molar-refractivity contribution is 5.85. The van der Waals surface area contributed by atoms with Crippen LogP contribution in [0.2, 0.25) is 0 Å². The number of likely N-dealkylation sites (tertiary alicyclic amines) is 1. The van der Waals surface area contributed by atoms with Gasteiger partial charge in [0.15, 0.2) is 0 Å². The average Bonchev–Trinajstić information content (AvgIpc) is 2.49. The van der Waals surface area contributed by atoms with Crippen LogP contribution < -0.4 is 16.0 Å². The smallest absolute Gasteiger partial charge is 0.317 e. The van der Waals surface area contributed by atoms with Crippen LogP contribution in [0.1, 0.15) is 39.5 Å². The Balaban J connectivity index is 0.00000484. The lowest BCUT2D eigenvalue weighted by Gasteiger charge is -2.32. The Labute approximate surface area is 146 Å². The van der Waals surface area contributed by atoms with Gasteiger partial charge < -0.3 is 20.9 Å². The maximum absolute atomic E-state index is 12.1. The van der Waals surface area contributed by atoms with Crippen LogP contribution >= 0.6 is 12.4 Å². The van der Waals surface area contributed by atoms with Gasteiger partial charge in [-0.15, -0.1) is 12.4 Å². The summed E-state index contributed by atoms with van der Waals surface area (Å²) in [5.41, 5.74) is 0. The van der Waals surface area contributed by atoms with Gasteiger partial charge in [-0.1, -0.05) is 13.8 Å². The Kier molecular flexibility index (Phi) is 11.9. The van der Waals surface area contributed by atoms with Crippen molar-refractivity contribution in [3.8, 4) is 0 Å². The van der Waals surface area contributed by atoms with E-state index in [0.29, 0.717) is 32.0 Å². The predicted molar refractivity (Wildman–Crippen MR) is 96.0 cm³/mol. The SMILES string of the molecule is CNCCCNC(=O)CC1CCCN(C(=O)NCC(C)C)C1.Cl. The van der Waals surface area contributed by atoms with E-state index >= 15 is 0 Å². The second-order valence-corrected chi connectivity index (χ2v) is 6.55. The van der Waals surface area contributed by atoms with Crippen molar-refractivity contribution in [1.29, 1.82) is 0 Å². The molecule has 1 heterocycles. The number of halogens is 1. The molecule has 6 nitrogen and oxygen atoms in total. The summed E-state index contributed by atoms with van der Waals surface area (Å²) in [5.74, 6) is 0.835. The molecule has 1 aliphatic heterocycles. The lowest BCUT2D eigenvalue weighted by atomic mass is 9.94. The molecular formula is C16H33ClN4O2. The number of hydrogen-bond acceptors (Lipinski definition) is 3. The molecule has 3 amide bonds. The van der Waals surface area contributed by atoms with Gasteiger partial charge in [-0.2, -0.15) is 0 Å². The molecule has 1 rings (SSSR count). The summed E-state index contributed by atoms with van der Waals surface area (Å²) in [6.45, 7) is 7.97. The van der Waals surface area contributed by atoms with Crippen molar-refractivity contribution in [3.05, 3.63) is 0 Å². The topological polar surface area (TPSA) is 73.5 Å². The molecule has 1 saturated heterocycles. The number of carbonyl (C=O) groups excluding carboxylic acids is 2. The van der Waals surface area contributed by atoms with Crippen molar-refractivity contribution >= 4 is 24.3 Å². The van der Waals surface area contributed by atoms with Crippen molar-refractivity contribution in [1.82, 2.24) is 20.9 Å². The van der Waals surface area contributed by atoms with E-state index in [1.54, 1.807) is 0 Å². The third kappa shape index (κ3) is 9.66. The summed E-state index contributed by atoms with van der Waals surface area (Å²) >= 11 is 0. The summed E-state index contributed by atoms with van der Waals surface area (Å²) in [5, 5.41) is 8.96. The van der Waals surface area contributed by atoms with E-state index in [9.17, 15) is 9.59 Å². The molecule has 1 atom stereocenters. The Morgan fingerprint density at radius 3 is 2.61 bits per heavy atom. The molecule has 3 N–H and O–H groups in total. The molecule has 0 aromatic rings. The summed E-state index contributed by atoms with van der Waals surface area (Å²) in [6, 6.07) is 0.00725. The van der Waals surface area contributed by atoms with E-state index in [4.69, 9.17) is 0 Å². The fraction of sp³-hybridized carbons (Fsp3) is 0.875. The Morgan fingerprint density at radius 1 is 1.22 bits per heavy atom. The normalized spacial score (nSPS) is 17.6.